The molecular weight excluding hydrogens is 336 g/mol. The number of hydrogen-bond acceptors (Lipinski definition) is 4. The number of nitrogens with one attached hydrogen (secondary N) is 1. The van der Waals surface area contributed by atoms with Gasteiger partial charge in [0.1, 0.15) is 0 Å². The molecule has 0 radical (unpaired) electrons. The van der Waals surface area contributed by atoms with Gasteiger partial charge in [0.2, 0.25) is 5.91 Å². The molecule has 3 N–H and O–H groups in total. The van der Waals surface area contributed by atoms with Gasteiger partial charge in [-0.25, -0.2) is 8.42 Å². The van der Waals surface area contributed by atoms with E-state index in [0.717, 1.165) is 24.8 Å². The fraction of sp³-hybridized carbons (Fsp3) is 0.562. The van der Waals surface area contributed by atoms with E-state index in [-0.39, 0.29) is 41.2 Å². The fourth-order valence-corrected chi connectivity index (χ4v) is 3.57. The number of carbonyl (C=O) groups is 1. The number of halogens is 1. The highest BCUT2D eigenvalue weighted by atomic mass is 35.5. The molecule has 23 heavy (non-hydrogen) atoms. The van der Waals surface area contributed by atoms with Gasteiger partial charge in [-0.3, -0.25) is 4.79 Å². The lowest BCUT2D eigenvalue weighted by atomic mass is 9.99. The Kier molecular flexibility index (Phi) is 7.04. The van der Waals surface area contributed by atoms with E-state index in [0.29, 0.717) is 6.42 Å². The number of sulfone groups is 1. The Morgan fingerprint density at radius 2 is 1.91 bits per heavy atom. The molecule has 0 saturated heterocycles. The van der Waals surface area contributed by atoms with Gasteiger partial charge in [0, 0.05) is 18.7 Å². The second-order valence-corrected chi connectivity index (χ2v) is 8.21. The van der Waals surface area contributed by atoms with Crippen LogP contribution in [0.4, 0.5) is 0 Å². The van der Waals surface area contributed by atoms with Crippen molar-refractivity contribution in [2.75, 3.05) is 6.26 Å². The van der Waals surface area contributed by atoms with E-state index in [1.807, 2.05) is 6.92 Å². The number of benzene rings is 1. The minimum Gasteiger partial charge on any atom is -0.350 e. The van der Waals surface area contributed by atoms with Crippen molar-refractivity contribution in [2.24, 2.45) is 11.7 Å². The molecule has 7 heteroatoms. The molecule has 1 fully saturated rings. The van der Waals surface area contributed by atoms with Crippen LogP contribution in [0, 0.1) is 5.92 Å². The van der Waals surface area contributed by atoms with E-state index < -0.39 is 9.84 Å². The molecule has 2 rings (SSSR count). The zero-order valence-corrected chi connectivity index (χ0v) is 15.1. The SMILES string of the molecule is CC(NC(=O)C[C@@H]1CCC[C@H]1N)c1ccc(S(C)(=O)=O)cc1.Cl. The summed E-state index contributed by atoms with van der Waals surface area (Å²) in [6.45, 7) is 1.89. The summed E-state index contributed by atoms with van der Waals surface area (Å²) < 4.78 is 22.9. The van der Waals surface area contributed by atoms with Gasteiger partial charge in [-0.1, -0.05) is 18.6 Å². The van der Waals surface area contributed by atoms with Gasteiger partial charge in [0.25, 0.3) is 0 Å². The van der Waals surface area contributed by atoms with Crippen LogP contribution in [0.5, 0.6) is 0 Å². The van der Waals surface area contributed by atoms with Crippen molar-refractivity contribution in [3.63, 3.8) is 0 Å². The number of rotatable bonds is 5. The van der Waals surface area contributed by atoms with Crippen LogP contribution in [0.2, 0.25) is 0 Å². The lowest BCUT2D eigenvalue weighted by Gasteiger charge is -2.18. The van der Waals surface area contributed by atoms with Gasteiger partial charge in [0.05, 0.1) is 10.9 Å². The maximum absolute atomic E-state index is 12.1. The van der Waals surface area contributed by atoms with Crippen molar-refractivity contribution in [1.82, 2.24) is 5.32 Å². The Hall–Kier alpha value is -1.11. The van der Waals surface area contributed by atoms with E-state index in [4.69, 9.17) is 5.73 Å². The molecule has 0 aliphatic heterocycles. The van der Waals surface area contributed by atoms with Crippen LogP contribution >= 0.6 is 12.4 Å². The van der Waals surface area contributed by atoms with E-state index in [1.165, 1.54) is 6.26 Å². The molecule has 3 atom stereocenters. The summed E-state index contributed by atoms with van der Waals surface area (Å²) in [7, 11) is -3.19. The van der Waals surface area contributed by atoms with Crippen molar-refractivity contribution in [2.45, 2.75) is 49.6 Å². The first kappa shape index (κ1) is 19.9. The van der Waals surface area contributed by atoms with Crippen LogP contribution in [0.1, 0.15) is 44.2 Å². The Morgan fingerprint density at radius 1 is 1.30 bits per heavy atom. The number of hydrogen-bond donors (Lipinski definition) is 2. The number of amides is 1. The highest BCUT2D eigenvalue weighted by molar-refractivity contribution is 7.90. The van der Waals surface area contributed by atoms with Crippen LogP contribution < -0.4 is 11.1 Å². The van der Waals surface area contributed by atoms with Crippen molar-refractivity contribution in [1.29, 1.82) is 0 Å². The van der Waals surface area contributed by atoms with Gasteiger partial charge < -0.3 is 11.1 Å². The molecule has 0 heterocycles. The first-order chi connectivity index (χ1) is 10.3. The van der Waals surface area contributed by atoms with Gasteiger partial charge in [-0.15, -0.1) is 12.4 Å². The summed E-state index contributed by atoms with van der Waals surface area (Å²) >= 11 is 0. The maximum Gasteiger partial charge on any atom is 0.220 e. The Labute approximate surface area is 144 Å². The summed E-state index contributed by atoms with van der Waals surface area (Å²) in [5.41, 5.74) is 6.88. The summed E-state index contributed by atoms with van der Waals surface area (Å²) in [6, 6.07) is 6.60. The highest BCUT2D eigenvalue weighted by Gasteiger charge is 2.26. The maximum atomic E-state index is 12.1. The summed E-state index contributed by atoms with van der Waals surface area (Å²) in [4.78, 5) is 12.4. The molecule has 1 saturated carbocycles. The predicted molar refractivity (Wildman–Crippen MR) is 93.3 cm³/mol. The molecule has 1 amide bonds. The average Bonchev–Trinajstić information content (AvgIpc) is 2.83. The molecule has 0 bridgehead atoms. The van der Waals surface area contributed by atoms with Crippen molar-refractivity contribution in [3.8, 4) is 0 Å². The largest absolute Gasteiger partial charge is 0.350 e. The van der Waals surface area contributed by atoms with Crippen molar-refractivity contribution < 1.29 is 13.2 Å². The summed E-state index contributed by atoms with van der Waals surface area (Å²) in [6.07, 6.45) is 4.76. The Bertz CT molecular complexity index is 631. The lowest BCUT2D eigenvalue weighted by Crippen LogP contribution is -2.32. The highest BCUT2D eigenvalue weighted by Crippen LogP contribution is 2.27. The topological polar surface area (TPSA) is 89.3 Å². The zero-order chi connectivity index (χ0) is 16.3. The van der Waals surface area contributed by atoms with Crippen molar-refractivity contribution >= 4 is 28.2 Å². The Balaban J connectivity index is 0.00000264. The van der Waals surface area contributed by atoms with Gasteiger partial charge in [-0.2, -0.15) is 0 Å². The Morgan fingerprint density at radius 3 is 2.39 bits per heavy atom. The fourth-order valence-electron chi connectivity index (χ4n) is 2.94. The van der Waals surface area contributed by atoms with E-state index in [2.05, 4.69) is 5.32 Å². The van der Waals surface area contributed by atoms with Gasteiger partial charge >= 0.3 is 0 Å². The molecule has 1 aliphatic rings. The van der Waals surface area contributed by atoms with Gasteiger partial charge in [0.15, 0.2) is 9.84 Å². The summed E-state index contributed by atoms with van der Waals surface area (Å²) in [5.74, 6) is 0.279. The van der Waals surface area contributed by atoms with Crippen LogP contribution in [0.3, 0.4) is 0 Å². The third-order valence-corrected chi connectivity index (χ3v) is 5.48. The van der Waals surface area contributed by atoms with E-state index in [9.17, 15) is 13.2 Å². The monoisotopic (exact) mass is 360 g/mol. The standard InChI is InChI=1S/C16H24N2O3S.ClH/c1-11(12-6-8-14(9-7-12)22(2,20)21)18-16(19)10-13-4-3-5-15(13)17;/h6-9,11,13,15H,3-5,10,17H2,1-2H3,(H,18,19);1H/t11?,13-,15+;/m0./s1. The molecule has 1 aromatic carbocycles. The molecule has 0 spiro atoms. The first-order valence-electron chi connectivity index (χ1n) is 7.62. The summed E-state index contributed by atoms with van der Waals surface area (Å²) in [5, 5.41) is 2.96. The van der Waals surface area contributed by atoms with E-state index >= 15 is 0 Å². The number of carbonyl (C=O) groups excluding carboxylic acids is 1. The molecule has 1 aromatic rings. The molecule has 0 aromatic heterocycles. The van der Waals surface area contributed by atoms with Crippen LogP contribution in [0.25, 0.3) is 0 Å². The van der Waals surface area contributed by atoms with Gasteiger partial charge in [-0.05, 0) is 43.4 Å². The van der Waals surface area contributed by atoms with Crippen LogP contribution in [0.15, 0.2) is 29.2 Å². The average molecular weight is 361 g/mol. The van der Waals surface area contributed by atoms with Crippen molar-refractivity contribution in [3.05, 3.63) is 29.8 Å². The van der Waals surface area contributed by atoms with E-state index in [1.54, 1.807) is 24.3 Å². The third-order valence-electron chi connectivity index (χ3n) is 4.35. The quantitative estimate of drug-likeness (QED) is 0.842. The second-order valence-electron chi connectivity index (χ2n) is 6.19. The predicted octanol–water partition coefficient (Wildman–Crippen LogP) is 2.21. The first-order valence-corrected chi connectivity index (χ1v) is 9.51. The van der Waals surface area contributed by atoms with Crippen LogP contribution in [-0.2, 0) is 14.6 Å². The minimum atomic E-state index is -3.19. The molecule has 1 unspecified atom stereocenters. The molecule has 1 aliphatic carbocycles. The normalized spacial score (nSPS) is 22.2. The molecular formula is C16H25ClN2O3S. The third kappa shape index (κ3) is 5.48. The smallest absolute Gasteiger partial charge is 0.220 e. The molecule has 130 valence electrons. The lowest BCUT2D eigenvalue weighted by molar-refractivity contribution is -0.122. The number of nitrogens with two attached hydrogens (primary N) is 1. The van der Waals surface area contributed by atoms with Crippen LogP contribution in [-0.4, -0.2) is 26.6 Å². The zero-order valence-electron chi connectivity index (χ0n) is 13.5. The second kappa shape index (κ2) is 8.13. The minimum absolute atomic E-state index is 0. The molecule has 5 nitrogen and oxygen atoms in total.